The third-order valence-electron chi connectivity index (χ3n) is 7.11. The first-order chi connectivity index (χ1) is 19.0. The maximum Gasteiger partial charge on any atom is 0.251 e. The molecule has 0 saturated carbocycles. The van der Waals surface area contributed by atoms with Gasteiger partial charge in [0, 0.05) is 67.7 Å². The first-order valence-corrected chi connectivity index (χ1v) is 12.8. The van der Waals surface area contributed by atoms with Gasteiger partial charge < -0.3 is 20.3 Å². The van der Waals surface area contributed by atoms with E-state index >= 15 is 0 Å². The van der Waals surface area contributed by atoms with Gasteiger partial charge in [-0.05, 0) is 64.7 Å². The minimum atomic E-state index is -0.0917. The maximum absolute atomic E-state index is 12.7. The van der Waals surface area contributed by atoms with Crippen molar-refractivity contribution in [2.45, 2.75) is 13.0 Å². The van der Waals surface area contributed by atoms with Gasteiger partial charge in [0.15, 0.2) is 5.88 Å². The van der Waals surface area contributed by atoms with Gasteiger partial charge in [-0.1, -0.05) is 36.4 Å². The molecule has 7 heteroatoms. The second-order valence-electron chi connectivity index (χ2n) is 9.92. The topological polar surface area (TPSA) is 85.7 Å². The van der Waals surface area contributed by atoms with Crippen molar-refractivity contribution in [1.82, 2.24) is 19.7 Å². The lowest BCUT2D eigenvalue weighted by Crippen LogP contribution is -2.22. The molecule has 0 radical (unpaired) electrons. The van der Waals surface area contributed by atoms with E-state index < -0.39 is 0 Å². The summed E-state index contributed by atoms with van der Waals surface area (Å²) in [5, 5.41) is 14.7. The number of aromatic amines is 1. The zero-order chi connectivity index (χ0) is 26.9. The number of amides is 1. The van der Waals surface area contributed by atoms with Crippen molar-refractivity contribution in [1.29, 1.82) is 0 Å². The van der Waals surface area contributed by atoms with Gasteiger partial charge in [0.25, 0.3) is 5.91 Å². The average molecular weight is 516 g/mol. The van der Waals surface area contributed by atoms with Crippen molar-refractivity contribution in [3.05, 3.63) is 120 Å². The van der Waals surface area contributed by atoms with Gasteiger partial charge in [-0.15, -0.1) is 0 Å². The smallest absolute Gasteiger partial charge is 0.251 e. The van der Waals surface area contributed by atoms with Crippen LogP contribution in [0.4, 0.5) is 5.69 Å². The summed E-state index contributed by atoms with van der Waals surface area (Å²) in [4.78, 5) is 22.3. The number of pyridine rings is 1. The third-order valence-corrected chi connectivity index (χ3v) is 7.11. The summed E-state index contributed by atoms with van der Waals surface area (Å²) in [6, 6.07) is 26.1. The van der Waals surface area contributed by atoms with Crippen molar-refractivity contribution in [3.63, 3.8) is 0 Å². The molecule has 0 saturated heterocycles. The number of hydrogen-bond acceptors (Lipinski definition) is 4. The Morgan fingerprint density at radius 3 is 2.51 bits per heavy atom. The fourth-order valence-electron chi connectivity index (χ4n) is 4.91. The van der Waals surface area contributed by atoms with Crippen molar-refractivity contribution >= 4 is 28.0 Å². The lowest BCUT2D eigenvalue weighted by Gasteiger charge is -2.13. The molecule has 0 aliphatic heterocycles. The molecule has 1 amide bonds. The second kappa shape index (κ2) is 10.0. The zero-order valence-corrected chi connectivity index (χ0v) is 21.8. The highest BCUT2D eigenvalue weighted by molar-refractivity contribution is 5.94. The van der Waals surface area contributed by atoms with Crippen LogP contribution in [-0.4, -0.2) is 39.5 Å². The summed E-state index contributed by atoms with van der Waals surface area (Å²) < 4.78 is 2.09. The van der Waals surface area contributed by atoms with Gasteiger partial charge in [0.05, 0.1) is 5.69 Å². The first-order valence-electron chi connectivity index (χ1n) is 12.8. The number of aromatic nitrogens is 3. The largest absolute Gasteiger partial charge is 0.494 e. The summed E-state index contributed by atoms with van der Waals surface area (Å²) in [5.74, 6) is 0.0871. The molecule has 0 aliphatic carbocycles. The molecule has 0 bridgehead atoms. The van der Waals surface area contributed by atoms with Crippen LogP contribution in [0.3, 0.4) is 0 Å². The Labute approximate surface area is 226 Å². The summed E-state index contributed by atoms with van der Waals surface area (Å²) in [5.41, 5.74) is 7.99. The van der Waals surface area contributed by atoms with Crippen LogP contribution in [0, 0.1) is 0 Å². The number of fused-ring (bicyclic) bond motifs is 2. The van der Waals surface area contributed by atoms with E-state index in [4.69, 9.17) is 0 Å². The maximum atomic E-state index is 12.7. The summed E-state index contributed by atoms with van der Waals surface area (Å²) in [6.07, 6.45) is 6.28. The number of nitrogens with zero attached hydrogens (tertiary/aromatic N) is 3. The van der Waals surface area contributed by atoms with Crippen molar-refractivity contribution in [3.8, 4) is 17.1 Å². The van der Waals surface area contributed by atoms with Gasteiger partial charge in [0.2, 0.25) is 0 Å². The number of imidazole rings is 1. The number of anilines is 1. The quantitative estimate of drug-likeness (QED) is 0.252. The summed E-state index contributed by atoms with van der Waals surface area (Å²) >= 11 is 0. The van der Waals surface area contributed by atoms with E-state index in [9.17, 15) is 9.90 Å². The van der Waals surface area contributed by atoms with Gasteiger partial charge in [-0.2, -0.15) is 0 Å². The van der Waals surface area contributed by atoms with Crippen LogP contribution >= 0.6 is 0 Å². The van der Waals surface area contributed by atoms with E-state index in [-0.39, 0.29) is 11.8 Å². The van der Waals surface area contributed by atoms with E-state index in [1.807, 2.05) is 92.1 Å². The van der Waals surface area contributed by atoms with Crippen LogP contribution in [0.5, 0.6) is 5.88 Å². The Balaban J connectivity index is 1.16. The highest BCUT2D eigenvalue weighted by Crippen LogP contribution is 2.30. The van der Waals surface area contributed by atoms with Gasteiger partial charge in [0.1, 0.15) is 5.65 Å². The van der Waals surface area contributed by atoms with Gasteiger partial charge in [-0.25, -0.2) is 4.98 Å². The lowest BCUT2D eigenvalue weighted by molar-refractivity contribution is 0.0951. The number of H-pyrrole nitrogens is 1. The second-order valence-corrected chi connectivity index (χ2v) is 9.92. The van der Waals surface area contributed by atoms with Crippen LogP contribution in [0.1, 0.15) is 27.0 Å². The number of carbonyl (C=O) groups excluding carboxylic acids is 1. The van der Waals surface area contributed by atoms with E-state index in [1.54, 1.807) is 6.20 Å². The third kappa shape index (κ3) is 4.82. The van der Waals surface area contributed by atoms with Crippen LogP contribution in [0.2, 0.25) is 0 Å². The molecule has 39 heavy (non-hydrogen) atoms. The fourth-order valence-corrected chi connectivity index (χ4v) is 4.91. The number of aromatic hydroxyl groups is 1. The standard InChI is InChI=1S/C32H29N5O2/c1-36(2)27-11-5-22(6-12-27)19-34-31(38)23-7-3-21(4-8-23)17-25-10-14-29(37-16-15-33-30(25)37)24-9-13-28-26(18-24)20-35-32(28)39/h3-16,18,20,35,39H,17,19H2,1-2H3,(H,34,38). The van der Waals surface area contributed by atoms with E-state index in [1.165, 1.54) is 0 Å². The SMILES string of the molecule is CN(C)c1ccc(CNC(=O)c2ccc(Cc3ccc(-c4ccc5c(O)[nH]cc5c4)n4ccnc34)cc2)cc1. The number of carbonyl (C=O) groups is 1. The predicted molar refractivity (Wildman–Crippen MR) is 155 cm³/mol. The monoisotopic (exact) mass is 515 g/mol. The Kier molecular flexibility index (Phi) is 6.25. The molecule has 0 aliphatic rings. The molecule has 6 aromatic rings. The molecule has 0 fully saturated rings. The summed E-state index contributed by atoms with van der Waals surface area (Å²) in [6.45, 7) is 0.483. The van der Waals surface area contributed by atoms with Crippen molar-refractivity contribution in [2.24, 2.45) is 0 Å². The minimum absolute atomic E-state index is 0.0917. The van der Waals surface area contributed by atoms with Crippen LogP contribution in [-0.2, 0) is 13.0 Å². The molecule has 3 aromatic carbocycles. The number of rotatable bonds is 7. The van der Waals surface area contributed by atoms with Gasteiger partial charge >= 0.3 is 0 Å². The molecule has 194 valence electrons. The number of nitrogens with one attached hydrogen (secondary N) is 2. The fraction of sp³-hybridized carbons (Fsp3) is 0.125. The lowest BCUT2D eigenvalue weighted by atomic mass is 10.0. The molecule has 0 atom stereocenters. The minimum Gasteiger partial charge on any atom is -0.494 e. The molecule has 0 unspecified atom stereocenters. The average Bonchev–Trinajstić information content (AvgIpc) is 3.60. The number of benzene rings is 3. The molecule has 3 N–H and O–H groups in total. The predicted octanol–water partition coefficient (Wildman–Crippen LogP) is 5.78. The molecule has 0 spiro atoms. The van der Waals surface area contributed by atoms with E-state index in [2.05, 4.69) is 37.9 Å². The molecule has 7 nitrogen and oxygen atoms in total. The molecule has 3 aromatic heterocycles. The molecule has 6 rings (SSSR count). The van der Waals surface area contributed by atoms with E-state index in [0.29, 0.717) is 18.5 Å². The highest BCUT2D eigenvalue weighted by atomic mass is 16.3. The molecular weight excluding hydrogens is 486 g/mol. The van der Waals surface area contributed by atoms with E-state index in [0.717, 1.165) is 50.1 Å². The zero-order valence-electron chi connectivity index (χ0n) is 21.8. The highest BCUT2D eigenvalue weighted by Gasteiger charge is 2.12. The Morgan fingerprint density at radius 1 is 0.974 bits per heavy atom. The summed E-state index contributed by atoms with van der Waals surface area (Å²) in [7, 11) is 4.01. The van der Waals surface area contributed by atoms with Crippen LogP contribution in [0.15, 0.2) is 97.5 Å². The van der Waals surface area contributed by atoms with Gasteiger partial charge in [-0.3, -0.25) is 9.20 Å². The van der Waals surface area contributed by atoms with Crippen LogP contribution < -0.4 is 10.2 Å². The van der Waals surface area contributed by atoms with Crippen LogP contribution in [0.25, 0.3) is 27.7 Å². The Bertz CT molecular complexity index is 1780. The van der Waals surface area contributed by atoms with Crippen molar-refractivity contribution in [2.75, 3.05) is 19.0 Å². The number of hydrogen-bond donors (Lipinski definition) is 3. The molecule has 3 heterocycles. The molecular formula is C32H29N5O2. The normalized spacial score (nSPS) is 11.2. The Morgan fingerprint density at radius 2 is 1.74 bits per heavy atom. The van der Waals surface area contributed by atoms with Crippen molar-refractivity contribution < 1.29 is 9.90 Å². The Hall–Kier alpha value is -5.04. The first kappa shape index (κ1) is 24.3.